The lowest BCUT2D eigenvalue weighted by molar-refractivity contribution is -0.139. The Hall–Kier alpha value is -2.14. The van der Waals surface area contributed by atoms with Crippen molar-refractivity contribution in [2.75, 3.05) is 13.1 Å². The number of halogens is 2. The minimum absolute atomic E-state index is 0.0351. The maximum Gasteiger partial charge on any atom is 0.227 e. The summed E-state index contributed by atoms with van der Waals surface area (Å²) in [5, 5.41) is 0.277. The number of hydrogen-bond donors (Lipinski definition) is 0. The molecule has 1 aromatic carbocycles. The molecule has 1 fully saturated rings. The summed E-state index contributed by atoms with van der Waals surface area (Å²) >= 11 is 5.95. The number of nitrogens with zero attached hydrogens (tertiary/aromatic N) is 2. The van der Waals surface area contributed by atoms with Crippen LogP contribution in [-0.2, 0) is 11.2 Å². The van der Waals surface area contributed by atoms with Gasteiger partial charge in [-0.3, -0.25) is 9.78 Å². The van der Waals surface area contributed by atoms with E-state index in [4.69, 9.17) is 16.3 Å². The molecule has 1 saturated heterocycles. The van der Waals surface area contributed by atoms with Crippen molar-refractivity contribution in [1.29, 1.82) is 0 Å². The fourth-order valence-corrected chi connectivity index (χ4v) is 2.70. The van der Waals surface area contributed by atoms with Crippen molar-refractivity contribution in [1.82, 2.24) is 9.88 Å². The predicted molar refractivity (Wildman–Crippen MR) is 85.1 cm³/mol. The van der Waals surface area contributed by atoms with Crippen LogP contribution in [0.15, 0.2) is 36.5 Å². The second-order valence-electron chi connectivity index (χ2n) is 5.55. The molecule has 6 heteroatoms. The van der Waals surface area contributed by atoms with Gasteiger partial charge >= 0.3 is 0 Å². The smallest absolute Gasteiger partial charge is 0.227 e. The monoisotopic (exact) mass is 334 g/mol. The molecule has 120 valence electrons. The van der Waals surface area contributed by atoms with Gasteiger partial charge in [0, 0.05) is 28.5 Å². The first-order chi connectivity index (χ1) is 11.0. The van der Waals surface area contributed by atoms with Gasteiger partial charge in [0.2, 0.25) is 5.91 Å². The van der Waals surface area contributed by atoms with Gasteiger partial charge in [-0.1, -0.05) is 17.7 Å². The molecule has 1 aliphatic heterocycles. The number of amides is 1. The Bertz CT molecular complexity index is 712. The highest BCUT2D eigenvalue weighted by atomic mass is 35.5. The first kappa shape index (κ1) is 15.7. The van der Waals surface area contributed by atoms with E-state index in [1.165, 1.54) is 12.1 Å². The molecule has 0 N–H and O–H groups in total. The molecule has 0 aliphatic carbocycles. The number of pyridine rings is 1. The van der Waals surface area contributed by atoms with Gasteiger partial charge in [0.05, 0.1) is 19.5 Å². The molecule has 0 bridgehead atoms. The van der Waals surface area contributed by atoms with E-state index in [0.717, 1.165) is 11.4 Å². The molecule has 3 rings (SSSR count). The van der Waals surface area contributed by atoms with Crippen LogP contribution in [0.3, 0.4) is 0 Å². The van der Waals surface area contributed by atoms with Crippen molar-refractivity contribution in [3.8, 4) is 5.75 Å². The Morgan fingerprint density at radius 3 is 2.91 bits per heavy atom. The van der Waals surface area contributed by atoms with Crippen LogP contribution in [0.2, 0.25) is 5.02 Å². The molecule has 1 aromatic heterocycles. The van der Waals surface area contributed by atoms with Gasteiger partial charge in [-0.2, -0.15) is 0 Å². The van der Waals surface area contributed by atoms with E-state index in [9.17, 15) is 9.18 Å². The third kappa shape index (κ3) is 3.62. The van der Waals surface area contributed by atoms with E-state index in [1.54, 1.807) is 23.2 Å². The van der Waals surface area contributed by atoms with Gasteiger partial charge in [-0.15, -0.1) is 0 Å². The number of likely N-dealkylation sites (tertiary alicyclic amines) is 1. The van der Waals surface area contributed by atoms with Crippen molar-refractivity contribution in [2.24, 2.45) is 0 Å². The number of aryl methyl sites for hydroxylation is 1. The quantitative estimate of drug-likeness (QED) is 0.863. The summed E-state index contributed by atoms with van der Waals surface area (Å²) in [7, 11) is 0. The van der Waals surface area contributed by atoms with Crippen LogP contribution in [0.5, 0.6) is 5.75 Å². The van der Waals surface area contributed by atoms with Crippen LogP contribution in [0, 0.1) is 12.7 Å². The topological polar surface area (TPSA) is 42.4 Å². The number of hydrogen-bond acceptors (Lipinski definition) is 3. The number of aromatic nitrogens is 1. The largest absolute Gasteiger partial charge is 0.487 e. The highest BCUT2D eigenvalue weighted by Crippen LogP contribution is 2.23. The second kappa shape index (κ2) is 6.54. The van der Waals surface area contributed by atoms with Gasteiger partial charge in [-0.25, -0.2) is 4.39 Å². The van der Waals surface area contributed by atoms with Crippen molar-refractivity contribution in [3.63, 3.8) is 0 Å². The van der Waals surface area contributed by atoms with Gasteiger partial charge in [0.1, 0.15) is 17.7 Å². The summed E-state index contributed by atoms with van der Waals surface area (Å²) in [6.45, 7) is 2.88. The van der Waals surface area contributed by atoms with Crippen LogP contribution in [-0.4, -0.2) is 35.0 Å². The second-order valence-corrected chi connectivity index (χ2v) is 5.96. The summed E-state index contributed by atoms with van der Waals surface area (Å²) in [6.07, 6.45) is 1.61. The molecule has 0 radical (unpaired) electrons. The van der Waals surface area contributed by atoms with Crippen LogP contribution in [0.4, 0.5) is 4.39 Å². The molecule has 0 atom stereocenters. The Kier molecular flexibility index (Phi) is 4.48. The molecule has 2 heterocycles. The van der Waals surface area contributed by atoms with Crippen molar-refractivity contribution in [3.05, 3.63) is 58.6 Å². The Morgan fingerprint density at radius 1 is 1.43 bits per heavy atom. The maximum absolute atomic E-state index is 13.7. The van der Waals surface area contributed by atoms with Crippen molar-refractivity contribution >= 4 is 17.5 Å². The van der Waals surface area contributed by atoms with Crippen LogP contribution >= 0.6 is 11.6 Å². The van der Waals surface area contributed by atoms with E-state index in [0.29, 0.717) is 13.1 Å². The molecule has 0 saturated carbocycles. The number of rotatable bonds is 4. The van der Waals surface area contributed by atoms with Crippen LogP contribution in [0.25, 0.3) is 0 Å². The average molecular weight is 335 g/mol. The normalized spacial score (nSPS) is 14.5. The Balaban J connectivity index is 1.54. The molecule has 1 amide bonds. The Morgan fingerprint density at radius 2 is 2.22 bits per heavy atom. The van der Waals surface area contributed by atoms with E-state index in [-0.39, 0.29) is 29.0 Å². The molecule has 23 heavy (non-hydrogen) atoms. The zero-order chi connectivity index (χ0) is 16.4. The highest BCUT2D eigenvalue weighted by Gasteiger charge is 2.32. The van der Waals surface area contributed by atoms with E-state index < -0.39 is 5.82 Å². The standard InChI is InChI=1S/C17H16ClFN2O2/c1-11-7-12(5-6-20-11)23-13-9-21(10-13)17(22)8-14-15(18)3-2-4-16(14)19/h2-7,13H,8-10H2,1H3. The molecule has 0 unspecified atom stereocenters. The molecule has 4 nitrogen and oxygen atoms in total. The zero-order valence-electron chi connectivity index (χ0n) is 12.6. The van der Waals surface area contributed by atoms with Crippen LogP contribution < -0.4 is 4.74 Å². The lowest BCUT2D eigenvalue weighted by atomic mass is 10.1. The van der Waals surface area contributed by atoms with Crippen LogP contribution in [0.1, 0.15) is 11.3 Å². The predicted octanol–water partition coefficient (Wildman–Crippen LogP) is 3.01. The molecular formula is C17H16ClFN2O2. The third-order valence-corrected chi connectivity index (χ3v) is 4.12. The first-order valence-corrected chi connectivity index (χ1v) is 7.70. The summed E-state index contributed by atoms with van der Waals surface area (Å²) in [5.74, 6) is 0.140. The fourth-order valence-electron chi connectivity index (χ4n) is 2.47. The highest BCUT2D eigenvalue weighted by molar-refractivity contribution is 6.31. The van der Waals surface area contributed by atoms with Gasteiger partial charge in [0.15, 0.2) is 0 Å². The van der Waals surface area contributed by atoms with Gasteiger partial charge in [-0.05, 0) is 25.1 Å². The summed E-state index contributed by atoms with van der Waals surface area (Å²) < 4.78 is 19.5. The molecular weight excluding hydrogens is 319 g/mol. The average Bonchev–Trinajstić information content (AvgIpc) is 2.46. The van der Waals surface area contributed by atoms with Crippen molar-refractivity contribution in [2.45, 2.75) is 19.4 Å². The number of benzene rings is 1. The lowest BCUT2D eigenvalue weighted by Crippen LogP contribution is -2.56. The first-order valence-electron chi connectivity index (χ1n) is 7.33. The SMILES string of the molecule is Cc1cc(OC2CN(C(=O)Cc3c(F)cccc3Cl)C2)ccn1. The lowest BCUT2D eigenvalue weighted by Gasteiger charge is -2.39. The summed E-state index contributed by atoms with van der Waals surface area (Å²) in [4.78, 5) is 17.9. The summed E-state index contributed by atoms with van der Waals surface area (Å²) in [5.41, 5.74) is 1.12. The van der Waals surface area contributed by atoms with Gasteiger partial charge < -0.3 is 9.64 Å². The van der Waals surface area contributed by atoms with E-state index in [2.05, 4.69) is 4.98 Å². The minimum Gasteiger partial charge on any atom is -0.487 e. The Labute approximate surface area is 138 Å². The van der Waals surface area contributed by atoms with Gasteiger partial charge in [0.25, 0.3) is 0 Å². The minimum atomic E-state index is -0.452. The fraction of sp³-hybridized carbons (Fsp3) is 0.294. The number of ether oxygens (including phenoxy) is 1. The van der Waals surface area contributed by atoms with E-state index in [1.807, 2.05) is 13.0 Å². The molecule has 0 spiro atoms. The molecule has 2 aromatic rings. The zero-order valence-corrected chi connectivity index (χ0v) is 13.4. The maximum atomic E-state index is 13.7. The van der Waals surface area contributed by atoms with E-state index >= 15 is 0 Å². The van der Waals surface area contributed by atoms with Crippen molar-refractivity contribution < 1.29 is 13.9 Å². The third-order valence-electron chi connectivity index (χ3n) is 3.76. The summed E-state index contributed by atoms with van der Waals surface area (Å²) in [6, 6.07) is 8.05. The molecule has 1 aliphatic rings. The number of carbonyl (C=O) groups excluding carboxylic acids is 1. The number of carbonyl (C=O) groups is 1.